The van der Waals surface area contributed by atoms with Gasteiger partial charge in [-0.05, 0) is 31.3 Å². The second-order valence-corrected chi connectivity index (χ2v) is 4.27. The Balaban J connectivity index is 3.85. The van der Waals surface area contributed by atoms with Gasteiger partial charge in [0, 0.05) is 6.42 Å². The average molecular weight is 224 g/mol. The summed E-state index contributed by atoms with van der Waals surface area (Å²) in [5, 5.41) is 0. The molecule has 0 rings (SSSR count). The molecule has 0 saturated heterocycles. The first-order chi connectivity index (χ1) is 7.60. The molecule has 16 heavy (non-hydrogen) atoms. The fourth-order valence-corrected chi connectivity index (χ4v) is 1.14. The maximum atomic E-state index is 11.4. The van der Waals surface area contributed by atoms with Crippen LogP contribution in [0.5, 0.6) is 0 Å². The van der Waals surface area contributed by atoms with Crippen LogP contribution >= 0.6 is 0 Å². The molecular formula is C14H24O2. The van der Waals surface area contributed by atoms with Crippen molar-refractivity contribution >= 4 is 5.97 Å². The third kappa shape index (κ3) is 8.27. The van der Waals surface area contributed by atoms with E-state index in [0.717, 1.165) is 18.4 Å². The van der Waals surface area contributed by atoms with Crippen LogP contribution < -0.4 is 0 Å². The van der Waals surface area contributed by atoms with E-state index in [4.69, 9.17) is 4.74 Å². The molecule has 0 unspecified atom stereocenters. The Morgan fingerprint density at radius 1 is 1.38 bits per heavy atom. The molecule has 92 valence electrons. The fourth-order valence-electron chi connectivity index (χ4n) is 1.14. The quantitative estimate of drug-likeness (QED) is 0.484. The topological polar surface area (TPSA) is 26.3 Å². The Labute approximate surface area is 99.4 Å². The molecule has 0 bridgehead atoms. The average Bonchev–Trinajstić information content (AvgIpc) is 2.26. The number of esters is 1. The van der Waals surface area contributed by atoms with Crippen LogP contribution in [-0.4, -0.2) is 12.6 Å². The van der Waals surface area contributed by atoms with Gasteiger partial charge >= 0.3 is 5.97 Å². The Morgan fingerprint density at radius 2 is 2.06 bits per heavy atom. The van der Waals surface area contributed by atoms with E-state index in [-0.39, 0.29) is 5.97 Å². The lowest BCUT2D eigenvalue weighted by atomic mass is 10.1. The van der Waals surface area contributed by atoms with Crippen molar-refractivity contribution in [3.05, 3.63) is 23.8 Å². The first-order valence-corrected chi connectivity index (χ1v) is 6.07. The summed E-state index contributed by atoms with van der Waals surface area (Å²) in [7, 11) is 0. The molecule has 0 saturated carbocycles. The molecule has 0 aliphatic carbocycles. The van der Waals surface area contributed by atoms with Gasteiger partial charge in [-0.15, -0.1) is 0 Å². The summed E-state index contributed by atoms with van der Waals surface area (Å²) in [4.78, 5) is 11.4. The maximum absolute atomic E-state index is 11.4. The minimum atomic E-state index is -0.0991. The van der Waals surface area contributed by atoms with Gasteiger partial charge in [-0.25, -0.2) is 0 Å². The Bertz CT molecular complexity index is 249. The molecule has 0 fully saturated rings. The van der Waals surface area contributed by atoms with Crippen LogP contribution in [0.25, 0.3) is 0 Å². The number of ether oxygens (including phenoxy) is 1. The van der Waals surface area contributed by atoms with Crippen LogP contribution in [0.3, 0.4) is 0 Å². The summed E-state index contributed by atoms with van der Waals surface area (Å²) in [5.41, 5.74) is 1.06. The highest BCUT2D eigenvalue weighted by molar-refractivity contribution is 5.69. The predicted molar refractivity (Wildman–Crippen MR) is 68.2 cm³/mol. The van der Waals surface area contributed by atoms with Gasteiger partial charge in [-0.3, -0.25) is 4.79 Å². The molecule has 0 aliphatic rings. The fraction of sp³-hybridized carbons (Fsp3) is 0.643. The van der Waals surface area contributed by atoms with Crippen LogP contribution in [0.15, 0.2) is 23.8 Å². The van der Waals surface area contributed by atoms with E-state index in [1.807, 2.05) is 19.1 Å². The van der Waals surface area contributed by atoms with Crippen molar-refractivity contribution in [2.45, 2.75) is 47.0 Å². The Kier molecular flexibility index (Phi) is 8.59. The third-order valence-electron chi connectivity index (χ3n) is 2.26. The second kappa shape index (κ2) is 9.20. The number of rotatable bonds is 7. The number of hydrogen-bond acceptors (Lipinski definition) is 2. The minimum absolute atomic E-state index is 0.0991. The van der Waals surface area contributed by atoms with E-state index >= 15 is 0 Å². The van der Waals surface area contributed by atoms with Crippen molar-refractivity contribution in [1.29, 1.82) is 0 Å². The standard InChI is InChI=1S/C14H24O2/c1-5-7-8-13(6-2)11-16-14(15)10-9-12(3)4/h6-8,12H,5,9-11H2,1-4H3/b8-7-,13-6+. The molecule has 0 N–H and O–H groups in total. The Morgan fingerprint density at radius 3 is 2.56 bits per heavy atom. The molecule has 0 aromatic rings. The molecule has 2 nitrogen and oxygen atoms in total. The highest BCUT2D eigenvalue weighted by Crippen LogP contribution is 2.06. The molecule has 2 heteroatoms. The van der Waals surface area contributed by atoms with Gasteiger partial charge in [0.2, 0.25) is 0 Å². The summed E-state index contributed by atoms with van der Waals surface area (Å²) < 4.78 is 5.18. The van der Waals surface area contributed by atoms with Gasteiger partial charge in [-0.2, -0.15) is 0 Å². The van der Waals surface area contributed by atoms with Gasteiger partial charge < -0.3 is 4.74 Å². The van der Waals surface area contributed by atoms with Crippen molar-refractivity contribution in [2.24, 2.45) is 5.92 Å². The summed E-state index contributed by atoms with van der Waals surface area (Å²) in [6.07, 6.45) is 8.47. The van der Waals surface area contributed by atoms with Gasteiger partial charge in [0.1, 0.15) is 6.61 Å². The lowest BCUT2D eigenvalue weighted by molar-refractivity contribution is -0.142. The van der Waals surface area contributed by atoms with E-state index in [9.17, 15) is 4.79 Å². The number of carbonyl (C=O) groups is 1. The molecule has 0 aromatic heterocycles. The summed E-state index contributed by atoms with van der Waals surface area (Å²) >= 11 is 0. The summed E-state index contributed by atoms with van der Waals surface area (Å²) in [6, 6.07) is 0. The van der Waals surface area contributed by atoms with Crippen molar-refractivity contribution in [3.63, 3.8) is 0 Å². The molecule has 0 aliphatic heterocycles. The van der Waals surface area contributed by atoms with Crippen LogP contribution in [0.1, 0.15) is 47.0 Å². The van der Waals surface area contributed by atoms with Gasteiger partial charge in [0.05, 0.1) is 0 Å². The normalized spacial score (nSPS) is 12.4. The highest BCUT2D eigenvalue weighted by Gasteiger charge is 2.04. The van der Waals surface area contributed by atoms with Crippen LogP contribution in [0.2, 0.25) is 0 Å². The monoisotopic (exact) mass is 224 g/mol. The van der Waals surface area contributed by atoms with Crippen molar-refractivity contribution < 1.29 is 9.53 Å². The predicted octanol–water partition coefficient (Wildman–Crippen LogP) is 3.88. The molecular weight excluding hydrogens is 200 g/mol. The first kappa shape index (κ1) is 14.9. The van der Waals surface area contributed by atoms with Crippen LogP contribution in [0.4, 0.5) is 0 Å². The van der Waals surface area contributed by atoms with Gasteiger partial charge in [0.15, 0.2) is 0 Å². The van der Waals surface area contributed by atoms with Crippen molar-refractivity contribution in [3.8, 4) is 0 Å². The van der Waals surface area contributed by atoms with Crippen LogP contribution in [0, 0.1) is 5.92 Å². The first-order valence-electron chi connectivity index (χ1n) is 6.07. The maximum Gasteiger partial charge on any atom is 0.306 e. The summed E-state index contributed by atoms with van der Waals surface area (Å²) in [5.74, 6) is 0.451. The van der Waals surface area contributed by atoms with Crippen molar-refractivity contribution in [1.82, 2.24) is 0 Å². The molecule has 0 heterocycles. The molecule has 0 radical (unpaired) electrons. The lowest BCUT2D eigenvalue weighted by Crippen LogP contribution is -2.07. The molecule has 0 amide bonds. The molecule has 0 atom stereocenters. The zero-order valence-corrected chi connectivity index (χ0v) is 11.0. The van der Waals surface area contributed by atoms with Crippen LogP contribution in [-0.2, 0) is 9.53 Å². The summed E-state index contributed by atoms with van der Waals surface area (Å²) in [6.45, 7) is 8.64. The number of carbonyl (C=O) groups excluding carboxylic acids is 1. The molecule has 0 spiro atoms. The highest BCUT2D eigenvalue weighted by atomic mass is 16.5. The van der Waals surface area contributed by atoms with Gasteiger partial charge in [0.25, 0.3) is 0 Å². The zero-order chi connectivity index (χ0) is 12.4. The number of allylic oxidation sites excluding steroid dienone is 2. The van der Waals surface area contributed by atoms with E-state index in [2.05, 4.69) is 26.8 Å². The van der Waals surface area contributed by atoms with E-state index in [1.54, 1.807) is 0 Å². The minimum Gasteiger partial charge on any atom is -0.461 e. The SMILES string of the molecule is C/C=C(\C=C/CC)COC(=O)CCC(C)C. The second-order valence-electron chi connectivity index (χ2n) is 4.27. The van der Waals surface area contributed by atoms with Gasteiger partial charge in [-0.1, -0.05) is 39.0 Å². The Hall–Kier alpha value is -1.05. The zero-order valence-electron chi connectivity index (χ0n) is 11.0. The third-order valence-corrected chi connectivity index (χ3v) is 2.26. The van der Waals surface area contributed by atoms with E-state index in [1.165, 1.54) is 0 Å². The molecule has 0 aromatic carbocycles. The van der Waals surface area contributed by atoms with E-state index in [0.29, 0.717) is 18.9 Å². The number of hydrogen-bond donors (Lipinski definition) is 0. The van der Waals surface area contributed by atoms with E-state index < -0.39 is 0 Å². The van der Waals surface area contributed by atoms with Crippen molar-refractivity contribution in [2.75, 3.05) is 6.61 Å². The smallest absolute Gasteiger partial charge is 0.306 e. The largest absolute Gasteiger partial charge is 0.461 e. The lowest BCUT2D eigenvalue weighted by Gasteiger charge is -2.06.